The van der Waals surface area contributed by atoms with Crippen LogP contribution >= 0.6 is 12.6 Å². The second-order valence-corrected chi connectivity index (χ2v) is 3.33. The van der Waals surface area contributed by atoms with Crippen molar-refractivity contribution < 1.29 is 10.0 Å². The van der Waals surface area contributed by atoms with Gasteiger partial charge in [0.05, 0.1) is 4.92 Å². The van der Waals surface area contributed by atoms with Gasteiger partial charge in [0, 0.05) is 11.6 Å². The molecule has 4 nitrogen and oxygen atoms in total. The Labute approximate surface area is 92.8 Å². The first kappa shape index (κ1) is 11.6. The zero-order valence-corrected chi connectivity index (χ0v) is 8.85. The SMILES string of the molecule is O=[N+]([O-])c1cccc(C=CCCS)c1O. The number of phenols is 1. The van der Waals surface area contributed by atoms with Gasteiger partial charge in [-0.1, -0.05) is 24.3 Å². The lowest BCUT2D eigenvalue weighted by Gasteiger charge is -1.99. The molecule has 0 radical (unpaired) electrons. The van der Waals surface area contributed by atoms with Crippen molar-refractivity contribution in [1.29, 1.82) is 0 Å². The Balaban J connectivity index is 2.99. The fourth-order valence-electron chi connectivity index (χ4n) is 1.12. The Morgan fingerprint density at radius 1 is 1.53 bits per heavy atom. The van der Waals surface area contributed by atoms with Crippen molar-refractivity contribution in [3.8, 4) is 5.75 Å². The number of hydrogen-bond donors (Lipinski definition) is 2. The molecule has 0 atom stereocenters. The van der Waals surface area contributed by atoms with Gasteiger partial charge in [-0.25, -0.2) is 0 Å². The molecular formula is C10H11NO3S. The van der Waals surface area contributed by atoms with Crippen LogP contribution in [0.3, 0.4) is 0 Å². The zero-order chi connectivity index (χ0) is 11.3. The molecule has 0 saturated heterocycles. The molecule has 15 heavy (non-hydrogen) atoms. The Morgan fingerprint density at radius 2 is 2.27 bits per heavy atom. The average molecular weight is 225 g/mol. The topological polar surface area (TPSA) is 63.4 Å². The number of hydrogen-bond acceptors (Lipinski definition) is 4. The van der Waals surface area contributed by atoms with Gasteiger partial charge < -0.3 is 5.11 Å². The number of aromatic hydroxyl groups is 1. The number of allylic oxidation sites excluding steroid dienone is 1. The normalized spacial score (nSPS) is 10.7. The number of nitro benzene ring substituents is 1. The van der Waals surface area contributed by atoms with Gasteiger partial charge in [-0.3, -0.25) is 10.1 Å². The Hall–Kier alpha value is -1.49. The van der Waals surface area contributed by atoms with Crippen LogP contribution in [0.15, 0.2) is 24.3 Å². The lowest BCUT2D eigenvalue weighted by Crippen LogP contribution is -1.89. The lowest BCUT2D eigenvalue weighted by atomic mass is 10.1. The van der Waals surface area contributed by atoms with Crippen LogP contribution in [-0.2, 0) is 0 Å². The van der Waals surface area contributed by atoms with Crippen molar-refractivity contribution in [3.05, 3.63) is 40.0 Å². The van der Waals surface area contributed by atoms with Crippen LogP contribution in [-0.4, -0.2) is 15.8 Å². The Morgan fingerprint density at radius 3 is 2.87 bits per heavy atom. The monoisotopic (exact) mass is 225 g/mol. The van der Waals surface area contributed by atoms with E-state index in [1.165, 1.54) is 12.1 Å². The molecule has 0 fully saturated rings. The maximum atomic E-state index is 10.5. The van der Waals surface area contributed by atoms with Gasteiger partial charge in [-0.05, 0) is 12.2 Å². The molecule has 0 aliphatic rings. The summed E-state index contributed by atoms with van der Waals surface area (Å²) < 4.78 is 0. The summed E-state index contributed by atoms with van der Waals surface area (Å²) in [5.74, 6) is 0.407. The van der Waals surface area contributed by atoms with E-state index in [0.29, 0.717) is 11.3 Å². The highest BCUT2D eigenvalue weighted by Gasteiger charge is 2.14. The minimum Gasteiger partial charge on any atom is -0.502 e. The molecule has 0 aliphatic heterocycles. The van der Waals surface area contributed by atoms with Crippen LogP contribution < -0.4 is 0 Å². The van der Waals surface area contributed by atoms with E-state index in [2.05, 4.69) is 12.6 Å². The molecule has 0 bridgehead atoms. The molecule has 80 valence electrons. The number of nitro groups is 1. The number of para-hydroxylation sites is 1. The van der Waals surface area contributed by atoms with Gasteiger partial charge >= 0.3 is 5.69 Å². The van der Waals surface area contributed by atoms with E-state index >= 15 is 0 Å². The van der Waals surface area contributed by atoms with Crippen LogP contribution in [0.5, 0.6) is 5.75 Å². The van der Waals surface area contributed by atoms with Gasteiger partial charge in [0.25, 0.3) is 0 Å². The molecule has 1 N–H and O–H groups in total. The molecule has 0 spiro atoms. The predicted molar refractivity (Wildman–Crippen MR) is 62.3 cm³/mol. The van der Waals surface area contributed by atoms with Crippen LogP contribution in [0.25, 0.3) is 6.08 Å². The molecule has 1 aromatic carbocycles. The third-order valence-electron chi connectivity index (χ3n) is 1.84. The Kier molecular flexibility index (Phi) is 4.17. The zero-order valence-electron chi connectivity index (χ0n) is 7.96. The summed E-state index contributed by atoms with van der Waals surface area (Å²) in [5, 5.41) is 20.1. The van der Waals surface area contributed by atoms with Gasteiger partial charge in [-0.2, -0.15) is 12.6 Å². The summed E-state index contributed by atoms with van der Waals surface area (Å²) in [6, 6.07) is 4.43. The largest absolute Gasteiger partial charge is 0.502 e. The molecule has 1 rings (SSSR count). The second-order valence-electron chi connectivity index (χ2n) is 2.89. The third kappa shape index (κ3) is 2.99. The van der Waals surface area contributed by atoms with Crippen molar-refractivity contribution in [2.45, 2.75) is 6.42 Å². The van der Waals surface area contributed by atoms with Crippen molar-refractivity contribution >= 4 is 24.4 Å². The highest BCUT2D eigenvalue weighted by Crippen LogP contribution is 2.29. The van der Waals surface area contributed by atoms with E-state index in [-0.39, 0.29) is 11.4 Å². The van der Waals surface area contributed by atoms with Gasteiger partial charge in [-0.15, -0.1) is 0 Å². The molecule has 5 heteroatoms. The minimum absolute atomic E-state index is 0.275. The van der Waals surface area contributed by atoms with Crippen molar-refractivity contribution in [1.82, 2.24) is 0 Å². The predicted octanol–water partition coefficient (Wildman–Crippen LogP) is 2.63. The fraction of sp³-hybridized carbons (Fsp3) is 0.200. The number of benzene rings is 1. The molecule has 0 aliphatic carbocycles. The summed E-state index contributed by atoms with van der Waals surface area (Å²) in [4.78, 5) is 9.91. The maximum Gasteiger partial charge on any atom is 0.311 e. The molecule has 0 saturated carbocycles. The van der Waals surface area contributed by atoms with Crippen LogP contribution in [0.2, 0.25) is 0 Å². The molecule has 1 aromatic rings. The van der Waals surface area contributed by atoms with Gasteiger partial charge in [0.1, 0.15) is 0 Å². The highest BCUT2D eigenvalue weighted by atomic mass is 32.1. The number of rotatable bonds is 4. The fourth-order valence-corrected chi connectivity index (χ4v) is 1.26. The molecule has 0 unspecified atom stereocenters. The molecular weight excluding hydrogens is 214 g/mol. The van der Waals surface area contributed by atoms with Gasteiger partial charge in [0.15, 0.2) is 0 Å². The van der Waals surface area contributed by atoms with Crippen molar-refractivity contribution in [2.75, 3.05) is 5.75 Å². The van der Waals surface area contributed by atoms with Gasteiger partial charge in [0.2, 0.25) is 5.75 Å². The van der Waals surface area contributed by atoms with Crippen molar-refractivity contribution in [2.24, 2.45) is 0 Å². The van der Waals surface area contributed by atoms with Crippen LogP contribution in [0.1, 0.15) is 12.0 Å². The molecule has 0 amide bonds. The first-order valence-electron chi connectivity index (χ1n) is 4.40. The highest BCUT2D eigenvalue weighted by molar-refractivity contribution is 7.80. The quantitative estimate of drug-likeness (QED) is 0.470. The summed E-state index contributed by atoms with van der Waals surface area (Å²) in [6.07, 6.45) is 4.22. The standard InChI is InChI=1S/C10H11NO3S/c12-10-8(4-1-2-7-15)5-3-6-9(10)11(13)14/h1,3-6,12,15H,2,7H2. The number of phenolic OH excluding ortho intramolecular Hbond substituents is 1. The van der Waals surface area contributed by atoms with E-state index < -0.39 is 4.92 Å². The number of thiol groups is 1. The van der Waals surface area contributed by atoms with E-state index in [9.17, 15) is 15.2 Å². The summed E-state index contributed by atoms with van der Waals surface area (Å²) >= 11 is 4.02. The minimum atomic E-state index is -0.606. The first-order valence-corrected chi connectivity index (χ1v) is 5.04. The van der Waals surface area contributed by atoms with E-state index in [1.807, 2.05) is 6.08 Å². The lowest BCUT2D eigenvalue weighted by molar-refractivity contribution is -0.385. The maximum absolute atomic E-state index is 10.5. The number of nitrogens with zero attached hydrogens (tertiary/aromatic N) is 1. The third-order valence-corrected chi connectivity index (χ3v) is 2.09. The smallest absolute Gasteiger partial charge is 0.311 e. The van der Waals surface area contributed by atoms with Crippen LogP contribution in [0, 0.1) is 10.1 Å². The second kappa shape index (κ2) is 5.41. The summed E-state index contributed by atoms with van der Waals surface area (Å²) in [5.41, 5.74) is 0.175. The average Bonchev–Trinajstić information content (AvgIpc) is 2.20. The molecule has 0 heterocycles. The van der Waals surface area contributed by atoms with E-state index in [1.54, 1.807) is 12.1 Å². The van der Waals surface area contributed by atoms with Crippen LogP contribution in [0.4, 0.5) is 5.69 Å². The van der Waals surface area contributed by atoms with E-state index in [0.717, 1.165) is 6.42 Å². The first-order chi connectivity index (χ1) is 7.16. The Bertz CT molecular complexity index is 390. The summed E-state index contributed by atoms with van der Waals surface area (Å²) in [6.45, 7) is 0. The summed E-state index contributed by atoms with van der Waals surface area (Å²) in [7, 11) is 0. The van der Waals surface area contributed by atoms with E-state index in [4.69, 9.17) is 0 Å². The molecule has 0 aromatic heterocycles. The van der Waals surface area contributed by atoms with Crippen molar-refractivity contribution in [3.63, 3.8) is 0 Å².